The second kappa shape index (κ2) is 9.72. The molecule has 1 rings (SSSR count). The van der Waals surface area contributed by atoms with Gasteiger partial charge < -0.3 is 9.84 Å². The molecule has 3 nitrogen and oxygen atoms in total. The molecule has 3 heteroatoms. The average Bonchev–Trinajstić information content (AvgIpc) is 2.41. The molecule has 0 spiro atoms. The van der Waals surface area contributed by atoms with Gasteiger partial charge in [-0.2, -0.15) is 0 Å². The Hall–Kier alpha value is -1.16. The third-order valence-electron chi connectivity index (χ3n) is 3.17. The van der Waals surface area contributed by atoms with Crippen molar-refractivity contribution in [2.75, 3.05) is 26.3 Å². The molecular weight excluding hydrogens is 262 g/mol. The molecule has 0 bridgehead atoms. The molecule has 1 aromatic carbocycles. The van der Waals surface area contributed by atoms with Crippen molar-refractivity contribution in [2.45, 2.75) is 33.4 Å². The van der Waals surface area contributed by atoms with E-state index in [9.17, 15) is 5.11 Å². The van der Waals surface area contributed by atoms with Crippen LogP contribution >= 0.6 is 0 Å². The van der Waals surface area contributed by atoms with E-state index >= 15 is 0 Å². The SMILES string of the molecule is C=CCOCC(O)CN(Cc1ccc(C)cc1)CC(C)C. The Bertz CT molecular complexity index is 400. The second-order valence-corrected chi connectivity index (χ2v) is 6.05. The minimum absolute atomic E-state index is 0.356. The summed E-state index contributed by atoms with van der Waals surface area (Å²) in [5.41, 5.74) is 2.55. The number of aliphatic hydroxyl groups excluding tert-OH is 1. The zero-order valence-corrected chi connectivity index (χ0v) is 13.6. The van der Waals surface area contributed by atoms with E-state index in [2.05, 4.69) is 56.5 Å². The molecule has 0 amide bonds. The predicted octanol–water partition coefficient (Wildman–Crippen LogP) is 3.02. The lowest BCUT2D eigenvalue weighted by Crippen LogP contribution is -2.36. The monoisotopic (exact) mass is 291 g/mol. The number of benzene rings is 1. The van der Waals surface area contributed by atoms with Crippen molar-refractivity contribution in [3.05, 3.63) is 48.0 Å². The van der Waals surface area contributed by atoms with E-state index in [4.69, 9.17) is 4.74 Å². The highest BCUT2D eigenvalue weighted by molar-refractivity contribution is 5.21. The lowest BCUT2D eigenvalue weighted by Gasteiger charge is -2.26. The summed E-state index contributed by atoms with van der Waals surface area (Å²) in [5, 5.41) is 10.1. The van der Waals surface area contributed by atoms with E-state index < -0.39 is 6.10 Å². The van der Waals surface area contributed by atoms with Crippen molar-refractivity contribution in [1.29, 1.82) is 0 Å². The quantitative estimate of drug-likeness (QED) is 0.531. The normalized spacial score (nSPS) is 12.9. The molecule has 118 valence electrons. The summed E-state index contributed by atoms with van der Waals surface area (Å²) < 4.78 is 5.32. The van der Waals surface area contributed by atoms with Crippen molar-refractivity contribution < 1.29 is 9.84 Å². The molecule has 0 heterocycles. The van der Waals surface area contributed by atoms with Crippen molar-refractivity contribution in [3.63, 3.8) is 0 Å². The van der Waals surface area contributed by atoms with Crippen LogP contribution in [0.4, 0.5) is 0 Å². The van der Waals surface area contributed by atoms with Crippen LogP contribution in [0.5, 0.6) is 0 Å². The Balaban J connectivity index is 2.54. The van der Waals surface area contributed by atoms with Gasteiger partial charge in [0.1, 0.15) is 0 Å². The highest BCUT2D eigenvalue weighted by Crippen LogP contribution is 2.10. The van der Waals surface area contributed by atoms with Gasteiger partial charge >= 0.3 is 0 Å². The maximum atomic E-state index is 10.1. The van der Waals surface area contributed by atoms with Gasteiger partial charge in [0.15, 0.2) is 0 Å². The lowest BCUT2D eigenvalue weighted by atomic mass is 10.1. The summed E-state index contributed by atoms with van der Waals surface area (Å²) >= 11 is 0. The number of ether oxygens (including phenoxy) is 1. The van der Waals surface area contributed by atoms with Crippen LogP contribution in [0.25, 0.3) is 0 Å². The van der Waals surface area contributed by atoms with Crippen LogP contribution in [0.3, 0.4) is 0 Å². The van der Waals surface area contributed by atoms with Gasteiger partial charge in [0, 0.05) is 19.6 Å². The van der Waals surface area contributed by atoms with E-state index in [1.165, 1.54) is 11.1 Å². The lowest BCUT2D eigenvalue weighted by molar-refractivity contribution is 0.0223. The third-order valence-corrected chi connectivity index (χ3v) is 3.17. The largest absolute Gasteiger partial charge is 0.389 e. The fraction of sp³-hybridized carbons (Fsp3) is 0.556. The molecule has 0 saturated heterocycles. The smallest absolute Gasteiger partial charge is 0.0900 e. The van der Waals surface area contributed by atoms with Crippen LogP contribution in [-0.2, 0) is 11.3 Å². The van der Waals surface area contributed by atoms with Gasteiger partial charge in [0.05, 0.1) is 19.3 Å². The van der Waals surface area contributed by atoms with Crippen LogP contribution in [0.15, 0.2) is 36.9 Å². The van der Waals surface area contributed by atoms with Gasteiger partial charge in [-0.3, -0.25) is 4.90 Å². The van der Waals surface area contributed by atoms with Crippen LogP contribution in [0.1, 0.15) is 25.0 Å². The highest BCUT2D eigenvalue weighted by Gasteiger charge is 2.13. The van der Waals surface area contributed by atoms with E-state index in [-0.39, 0.29) is 0 Å². The summed E-state index contributed by atoms with van der Waals surface area (Å²) in [6, 6.07) is 8.57. The molecule has 0 aliphatic rings. The van der Waals surface area contributed by atoms with Gasteiger partial charge in [-0.25, -0.2) is 0 Å². The van der Waals surface area contributed by atoms with Crippen molar-refractivity contribution >= 4 is 0 Å². The van der Waals surface area contributed by atoms with Crippen molar-refractivity contribution in [2.24, 2.45) is 5.92 Å². The number of aryl methyl sites for hydroxylation is 1. The van der Waals surface area contributed by atoms with Gasteiger partial charge in [0.2, 0.25) is 0 Å². The number of hydrogen-bond acceptors (Lipinski definition) is 3. The van der Waals surface area contributed by atoms with Gasteiger partial charge in [0.25, 0.3) is 0 Å². The molecule has 21 heavy (non-hydrogen) atoms. The summed E-state index contributed by atoms with van der Waals surface area (Å²) in [6.07, 6.45) is 1.24. The first-order chi connectivity index (χ1) is 10.0. The molecule has 1 atom stereocenters. The zero-order chi connectivity index (χ0) is 15.7. The van der Waals surface area contributed by atoms with Crippen LogP contribution in [0.2, 0.25) is 0 Å². The Morgan fingerprint density at radius 1 is 1.24 bits per heavy atom. The minimum Gasteiger partial charge on any atom is -0.389 e. The molecular formula is C18H29NO2. The highest BCUT2D eigenvalue weighted by atomic mass is 16.5. The van der Waals surface area contributed by atoms with Gasteiger partial charge in [-0.05, 0) is 18.4 Å². The predicted molar refractivity (Wildman–Crippen MR) is 88.3 cm³/mol. The van der Waals surface area contributed by atoms with E-state index in [0.717, 1.165) is 13.1 Å². The fourth-order valence-corrected chi connectivity index (χ4v) is 2.31. The van der Waals surface area contributed by atoms with Crippen LogP contribution in [-0.4, -0.2) is 42.4 Å². The summed E-state index contributed by atoms with van der Waals surface area (Å²) in [7, 11) is 0. The Morgan fingerprint density at radius 3 is 2.48 bits per heavy atom. The van der Waals surface area contributed by atoms with Crippen LogP contribution in [0, 0.1) is 12.8 Å². The van der Waals surface area contributed by atoms with Gasteiger partial charge in [-0.1, -0.05) is 49.8 Å². The summed E-state index contributed by atoms with van der Waals surface area (Å²) in [4.78, 5) is 2.29. The average molecular weight is 291 g/mol. The zero-order valence-electron chi connectivity index (χ0n) is 13.6. The molecule has 1 N–H and O–H groups in total. The standard InChI is InChI=1S/C18H29NO2/c1-5-10-21-14-18(20)13-19(11-15(2)3)12-17-8-6-16(4)7-9-17/h5-9,15,18,20H,1,10-14H2,2-4H3. The molecule has 0 aromatic heterocycles. The molecule has 0 saturated carbocycles. The fourth-order valence-electron chi connectivity index (χ4n) is 2.31. The minimum atomic E-state index is -0.464. The first kappa shape index (κ1) is 17.9. The molecule has 0 aliphatic heterocycles. The maximum absolute atomic E-state index is 10.1. The van der Waals surface area contributed by atoms with Crippen LogP contribution < -0.4 is 0 Å². The molecule has 0 fully saturated rings. The molecule has 0 radical (unpaired) electrons. The summed E-state index contributed by atoms with van der Waals surface area (Å²) in [5.74, 6) is 0.566. The third kappa shape index (κ3) is 8.00. The summed E-state index contributed by atoms with van der Waals surface area (Å²) in [6.45, 7) is 13.4. The van der Waals surface area contributed by atoms with Crippen molar-refractivity contribution in [3.8, 4) is 0 Å². The van der Waals surface area contributed by atoms with Crippen molar-refractivity contribution in [1.82, 2.24) is 4.90 Å². The molecule has 0 aliphatic carbocycles. The number of aliphatic hydroxyl groups is 1. The topological polar surface area (TPSA) is 32.7 Å². The number of hydrogen-bond donors (Lipinski definition) is 1. The molecule has 1 unspecified atom stereocenters. The van der Waals surface area contributed by atoms with E-state index in [1.807, 2.05) is 0 Å². The number of rotatable bonds is 10. The van der Waals surface area contributed by atoms with Gasteiger partial charge in [-0.15, -0.1) is 6.58 Å². The molecule has 1 aromatic rings. The number of nitrogens with zero attached hydrogens (tertiary/aromatic N) is 1. The first-order valence-corrected chi connectivity index (χ1v) is 7.66. The maximum Gasteiger partial charge on any atom is 0.0900 e. The second-order valence-electron chi connectivity index (χ2n) is 6.05. The Labute approximate surface area is 129 Å². The Morgan fingerprint density at radius 2 is 1.90 bits per heavy atom. The van der Waals surface area contributed by atoms with E-state index in [1.54, 1.807) is 6.08 Å². The first-order valence-electron chi connectivity index (χ1n) is 7.66. The Kier molecular flexibility index (Phi) is 8.28. The van der Waals surface area contributed by atoms with E-state index in [0.29, 0.717) is 25.7 Å².